The molecule has 2 aromatic carbocycles. The molecule has 0 aliphatic rings. The van der Waals surface area contributed by atoms with Gasteiger partial charge >= 0.3 is 0 Å². The molecule has 0 atom stereocenters. The number of aromatic nitrogens is 4. The van der Waals surface area contributed by atoms with Gasteiger partial charge in [0.05, 0.1) is 12.2 Å². The average Bonchev–Trinajstić information content (AvgIpc) is 3.32. The van der Waals surface area contributed by atoms with Gasteiger partial charge in [0.15, 0.2) is 10.9 Å². The highest BCUT2D eigenvalue weighted by Gasteiger charge is 2.07. The molecule has 0 saturated carbocycles. The van der Waals surface area contributed by atoms with Crippen molar-refractivity contribution in [3.05, 3.63) is 77.7 Å². The summed E-state index contributed by atoms with van der Waals surface area (Å²) in [6.07, 6.45) is 4.01. The van der Waals surface area contributed by atoms with Gasteiger partial charge in [-0.25, -0.2) is 0 Å². The highest BCUT2D eigenvalue weighted by Crippen LogP contribution is 2.19. The van der Waals surface area contributed by atoms with Crippen LogP contribution in [-0.4, -0.2) is 24.7 Å². The first kappa shape index (κ1) is 19.1. The molecule has 29 heavy (non-hydrogen) atoms. The van der Waals surface area contributed by atoms with Crippen molar-refractivity contribution in [2.45, 2.75) is 33.5 Å². The highest BCUT2D eigenvalue weighted by atomic mass is 32.1. The third kappa shape index (κ3) is 4.46. The lowest BCUT2D eigenvalue weighted by atomic mass is 10.0. The van der Waals surface area contributed by atoms with Crippen LogP contribution in [0.15, 0.2) is 60.9 Å². The molecule has 0 fully saturated rings. The Morgan fingerprint density at radius 3 is 2.66 bits per heavy atom. The Kier molecular flexibility index (Phi) is 5.57. The van der Waals surface area contributed by atoms with Crippen LogP contribution in [0.5, 0.6) is 0 Å². The standard InChI is InChI=1S/C22H24N6S/c1-3-27-15-19(16(2)25-27)13-23-22(29)24-21-11-12-28(26-21)14-18-9-6-8-17-7-4-5-10-20(17)18/h4-12,15H,3,13-14H2,1-2H3,(H2,23,24,26,29). The normalized spacial score (nSPS) is 11.0. The van der Waals surface area contributed by atoms with E-state index in [1.807, 2.05) is 34.7 Å². The van der Waals surface area contributed by atoms with Gasteiger partial charge in [-0.1, -0.05) is 42.5 Å². The van der Waals surface area contributed by atoms with E-state index in [1.54, 1.807) is 0 Å². The molecule has 148 valence electrons. The first-order chi connectivity index (χ1) is 14.1. The molecule has 2 heterocycles. The fraction of sp³-hybridized carbons (Fsp3) is 0.227. The smallest absolute Gasteiger partial charge is 0.172 e. The first-order valence-electron chi connectivity index (χ1n) is 9.70. The summed E-state index contributed by atoms with van der Waals surface area (Å²) in [4.78, 5) is 0. The van der Waals surface area contributed by atoms with Crippen LogP contribution in [0.1, 0.15) is 23.7 Å². The van der Waals surface area contributed by atoms with Crippen LogP contribution < -0.4 is 10.6 Å². The summed E-state index contributed by atoms with van der Waals surface area (Å²) in [6, 6.07) is 16.7. The van der Waals surface area contributed by atoms with Gasteiger partial charge in [0.2, 0.25) is 0 Å². The Bertz CT molecular complexity index is 1140. The number of fused-ring (bicyclic) bond motifs is 1. The second-order valence-electron chi connectivity index (χ2n) is 6.94. The quantitative estimate of drug-likeness (QED) is 0.474. The molecule has 2 aromatic heterocycles. The van der Waals surface area contributed by atoms with Gasteiger partial charge in [-0.05, 0) is 42.4 Å². The summed E-state index contributed by atoms with van der Waals surface area (Å²) in [6.45, 7) is 6.28. The highest BCUT2D eigenvalue weighted by molar-refractivity contribution is 7.80. The van der Waals surface area contributed by atoms with Crippen molar-refractivity contribution in [2.24, 2.45) is 0 Å². The van der Waals surface area contributed by atoms with E-state index in [9.17, 15) is 0 Å². The Labute approximate surface area is 175 Å². The molecule has 4 aromatic rings. The molecule has 6 nitrogen and oxygen atoms in total. The second kappa shape index (κ2) is 8.45. The molecular weight excluding hydrogens is 380 g/mol. The van der Waals surface area contributed by atoms with Crippen molar-refractivity contribution < 1.29 is 0 Å². The number of anilines is 1. The number of aryl methyl sites for hydroxylation is 2. The lowest BCUT2D eigenvalue weighted by molar-refractivity contribution is 0.653. The number of benzene rings is 2. The van der Waals surface area contributed by atoms with Crippen molar-refractivity contribution in [3.8, 4) is 0 Å². The molecule has 4 rings (SSSR count). The van der Waals surface area contributed by atoms with Gasteiger partial charge < -0.3 is 10.6 Å². The maximum absolute atomic E-state index is 5.42. The van der Waals surface area contributed by atoms with Gasteiger partial charge in [0.25, 0.3) is 0 Å². The van der Waals surface area contributed by atoms with Gasteiger partial charge in [-0.3, -0.25) is 9.36 Å². The fourth-order valence-corrected chi connectivity index (χ4v) is 3.53. The monoisotopic (exact) mass is 404 g/mol. The van der Waals surface area contributed by atoms with Crippen molar-refractivity contribution in [3.63, 3.8) is 0 Å². The average molecular weight is 405 g/mol. The fourth-order valence-electron chi connectivity index (χ4n) is 3.35. The van der Waals surface area contributed by atoms with E-state index in [1.165, 1.54) is 16.3 Å². The van der Waals surface area contributed by atoms with Crippen molar-refractivity contribution in [1.29, 1.82) is 0 Å². The van der Waals surface area contributed by atoms with E-state index in [4.69, 9.17) is 12.2 Å². The van der Waals surface area contributed by atoms with E-state index in [-0.39, 0.29) is 0 Å². The number of rotatable bonds is 6. The van der Waals surface area contributed by atoms with Crippen LogP contribution in [0.2, 0.25) is 0 Å². The Hall–Kier alpha value is -3.19. The van der Waals surface area contributed by atoms with Crippen molar-refractivity contribution in [1.82, 2.24) is 24.9 Å². The minimum Gasteiger partial charge on any atom is -0.358 e. The number of nitrogens with one attached hydrogen (secondary N) is 2. The summed E-state index contributed by atoms with van der Waals surface area (Å²) < 4.78 is 3.85. The molecule has 7 heteroatoms. The van der Waals surface area contributed by atoms with Gasteiger partial charge in [-0.2, -0.15) is 10.2 Å². The molecule has 0 radical (unpaired) electrons. The molecule has 0 spiro atoms. The zero-order valence-electron chi connectivity index (χ0n) is 16.6. The molecular formula is C22H24N6S. The van der Waals surface area contributed by atoms with E-state index >= 15 is 0 Å². The van der Waals surface area contributed by atoms with Crippen molar-refractivity contribution in [2.75, 3.05) is 5.32 Å². The maximum atomic E-state index is 5.42. The van der Waals surface area contributed by atoms with Crippen molar-refractivity contribution >= 4 is 33.9 Å². The van der Waals surface area contributed by atoms with Crippen LogP contribution in [0, 0.1) is 6.92 Å². The summed E-state index contributed by atoms with van der Waals surface area (Å²) in [5, 5.41) is 18.5. The van der Waals surface area contributed by atoms with Gasteiger partial charge in [0, 0.05) is 37.1 Å². The molecule has 0 aliphatic carbocycles. The Morgan fingerprint density at radius 2 is 1.83 bits per heavy atom. The van der Waals surface area contributed by atoms with Crippen LogP contribution in [0.4, 0.5) is 5.82 Å². The van der Waals surface area contributed by atoms with Crippen LogP contribution >= 0.6 is 12.2 Å². The van der Waals surface area contributed by atoms with Gasteiger partial charge in [0.1, 0.15) is 0 Å². The Morgan fingerprint density at radius 1 is 1.00 bits per heavy atom. The zero-order chi connectivity index (χ0) is 20.2. The first-order valence-corrected chi connectivity index (χ1v) is 10.1. The van der Waals surface area contributed by atoms with Crippen LogP contribution in [0.25, 0.3) is 10.8 Å². The van der Waals surface area contributed by atoms with Gasteiger partial charge in [-0.15, -0.1) is 0 Å². The number of thiocarbonyl (C=S) groups is 1. The third-order valence-electron chi connectivity index (χ3n) is 4.91. The lowest BCUT2D eigenvalue weighted by Crippen LogP contribution is -2.28. The Balaban J connectivity index is 1.37. The maximum Gasteiger partial charge on any atom is 0.172 e. The molecule has 0 amide bonds. The second-order valence-corrected chi connectivity index (χ2v) is 7.35. The minimum absolute atomic E-state index is 0.545. The predicted octanol–water partition coefficient (Wildman–Crippen LogP) is 4.10. The predicted molar refractivity (Wildman–Crippen MR) is 121 cm³/mol. The summed E-state index contributed by atoms with van der Waals surface area (Å²) in [7, 11) is 0. The summed E-state index contributed by atoms with van der Waals surface area (Å²) >= 11 is 5.42. The topological polar surface area (TPSA) is 59.7 Å². The molecule has 0 aliphatic heterocycles. The van der Waals surface area contributed by atoms with Crippen LogP contribution in [0.3, 0.4) is 0 Å². The largest absolute Gasteiger partial charge is 0.358 e. The van der Waals surface area contributed by atoms with E-state index < -0.39 is 0 Å². The zero-order valence-corrected chi connectivity index (χ0v) is 17.4. The molecule has 0 saturated heterocycles. The number of hydrogen-bond donors (Lipinski definition) is 2. The lowest BCUT2D eigenvalue weighted by Gasteiger charge is -2.08. The molecule has 0 unspecified atom stereocenters. The summed E-state index contributed by atoms with van der Waals surface area (Å²) in [5.74, 6) is 0.726. The molecule has 0 bridgehead atoms. The number of nitrogens with zero attached hydrogens (tertiary/aromatic N) is 4. The van der Waals surface area contributed by atoms with E-state index in [2.05, 4.69) is 70.2 Å². The van der Waals surface area contributed by atoms with E-state index in [0.717, 1.165) is 23.6 Å². The molecule has 2 N–H and O–H groups in total. The minimum atomic E-state index is 0.545. The third-order valence-corrected chi connectivity index (χ3v) is 5.15. The summed E-state index contributed by atoms with van der Waals surface area (Å²) in [5.41, 5.74) is 3.39. The number of hydrogen-bond acceptors (Lipinski definition) is 3. The van der Waals surface area contributed by atoms with E-state index in [0.29, 0.717) is 18.2 Å². The SMILES string of the molecule is CCn1cc(CNC(=S)Nc2ccn(Cc3cccc4ccccc34)n2)c(C)n1. The van der Waals surface area contributed by atoms with Crippen LogP contribution in [-0.2, 0) is 19.6 Å².